The van der Waals surface area contributed by atoms with Gasteiger partial charge in [0.15, 0.2) is 11.9 Å². The number of hydrogen-bond acceptors (Lipinski definition) is 3. The molecule has 1 aliphatic carbocycles. The average molecular weight is 293 g/mol. The number of nitrogens with one attached hydrogen (secondary N) is 1. The van der Waals surface area contributed by atoms with E-state index in [0.29, 0.717) is 0 Å². The first-order valence-electron chi connectivity index (χ1n) is 6.69. The number of nitrogens with zero attached hydrogens (tertiary/aromatic N) is 3. The van der Waals surface area contributed by atoms with Crippen LogP contribution < -0.4 is 4.68 Å². The van der Waals surface area contributed by atoms with Crippen LogP contribution in [0, 0.1) is 0 Å². The number of aromatic nitrogens is 2. The predicted molar refractivity (Wildman–Crippen MR) is 84.6 cm³/mol. The van der Waals surface area contributed by atoms with Crippen molar-refractivity contribution in [2.24, 2.45) is 17.3 Å². The molecule has 0 unspecified atom stereocenters. The van der Waals surface area contributed by atoms with Gasteiger partial charge in [0.05, 0.1) is 11.1 Å². The molecule has 0 radical (unpaired) electrons. The number of rotatable bonds is 2. The standard InChI is InChI=1S/C16H13N4S/c1-20-15-13-10-6-5-9-12(13)14(16(15)21-19-20)18-17-11-7-3-2-4-8-11/h2-10,19H,1H3/q+1. The maximum absolute atomic E-state index is 4.51. The minimum Gasteiger partial charge on any atom is -0.151 e. The monoisotopic (exact) mass is 293 g/mol. The largest absolute Gasteiger partial charge is 0.259 e. The van der Waals surface area contributed by atoms with Crippen molar-refractivity contribution >= 4 is 33.7 Å². The third-order valence-corrected chi connectivity index (χ3v) is 4.47. The molecule has 2 aromatic carbocycles. The van der Waals surface area contributed by atoms with Crippen molar-refractivity contribution in [1.82, 2.24) is 4.49 Å². The smallest absolute Gasteiger partial charge is 0.151 e. The lowest BCUT2D eigenvalue weighted by molar-refractivity contribution is -0.711. The summed E-state index contributed by atoms with van der Waals surface area (Å²) in [5.74, 6) is 0. The van der Waals surface area contributed by atoms with E-state index in [9.17, 15) is 0 Å². The first kappa shape index (κ1) is 12.2. The lowest BCUT2D eigenvalue weighted by atomic mass is 10.2. The highest BCUT2D eigenvalue weighted by atomic mass is 32.1. The second-order valence-electron chi connectivity index (χ2n) is 4.86. The second kappa shape index (κ2) is 4.79. The fourth-order valence-corrected chi connectivity index (χ4v) is 3.45. The van der Waals surface area contributed by atoms with Crippen LogP contribution in [0.5, 0.6) is 0 Å². The van der Waals surface area contributed by atoms with Gasteiger partial charge >= 0.3 is 0 Å². The minimum absolute atomic E-state index is 0.862. The van der Waals surface area contributed by atoms with Gasteiger partial charge in [-0.15, -0.1) is 14.3 Å². The highest BCUT2D eigenvalue weighted by Crippen LogP contribution is 2.45. The van der Waals surface area contributed by atoms with Crippen LogP contribution in [0.3, 0.4) is 0 Å². The van der Waals surface area contributed by atoms with Crippen molar-refractivity contribution in [1.29, 1.82) is 0 Å². The Morgan fingerprint density at radius 3 is 2.43 bits per heavy atom. The quantitative estimate of drug-likeness (QED) is 0.415. The van der Waals surface area contributed by atoms with E-state index in [0.717, 1.165) is 21.6 Å². The van der Waals surface area contributed by atoms with Crippen LogP contribution in [0.25, 0.3) is 21.3 Å². The van der Waals surface area contributed by atoms with Gasteiger partial charge in [-0.2, -0.15) is 5.11 Å². The molecule has 102 valence electrons. The molecule has 2 aliphatic rings. The topological polar surface area (TPSA) is 44.4 Å². The molecule has 1 heterocycles. The van der Waals surface area contributed by atoms with E-state index in [1.54, 1.807) is 11.5 Å². The van der Waals surface area contributed by atoms with Gasteiger partial charge in [-0.05, 0) is 18.2 Å². The van der Waals surface area contributed by atoms with E-state index < -0.39 is 0 Å². The molecule has 2 aromatic rings. The van der Waals surface area contributed by atoms with E-state index >= 15 is 0 Å². The molecule has 0 amide bonds. The summed E-state index contributed by atoms with van der Waals surface area (Å²) in [5.41, 5.74) is 2.98. The molecular formula is C16H13N4S+. The highest BCUT2D eigenvalue weighted by Gasteiger charge is 2.28. The summed E-state index contributed by atoms with van der Waals surface area (Å²) >= 11 is 1.59. The molecule has 1 N–H and O–H groups in total. The maximum atomic E-state index is 4.51. The SMILES string of the molecule is C[n+]1[nH]sc2c(N=Nc3ccccc3)c3ccccc3c1-2. The molecule has 21 heavy (non-hydrogen) atoms. The van der Waals surface area contributed by atoms with Crippen LogP contribution in [0.15, 0.2) is 64.8 Å². The van der Waals surface area contributed by atoms with E-state index in [1.807, 2.05) is 48.1 Å². The molecule has 0 atom stereocenters. The molecule has 4 rings (SSSR count). The van der Waals surface area contributed by atoms with E-state index in [2.05, 4.69) is 32.9 Å². The Morgan fingerprint density at radius 1 is 0.905 bits per heavy atom. The minimum atomic E-state index is 0.862. The molecular weight excluding hydrogens is 280 g/mol. The van der Waals surface area contributed by atoms with E-state index in [1.165, 1.54) is 11.1 Å². The van der Waals surface area contributed by atoms with Crippen LogP contribution >= 0.6 is 11.5 Å². The third-order valence-electron chi connectivity index (χ3n) is 3.51. The van der Waals surface area contributed by atoms with Crippen LogP contribution in [0.2, 0.25) is 0 Å². The molecule has 4 nitrogen and oxygen atoms in total. The summed E-state index contributed by atoms with van der Waals surface area (Å²) in [6.07, 6.45) is 0. The molecule has 0 saturated heterocycles. The lowest BCUT2D eigenvalue weighted by Crippen LogP contribution is -2.30. The first-order valence-corrected chi connectivity index (χ1v) is 7.50. The van der Waals surface area contributed by atoms with Gasteiger partial charge in [0.25, 0.3) is 5.69 Å². The van der Waals surface area contributed by atoms with Crippen molar-refractivity contribution < 1.29 is 4.68 Å². The Balaban J connectivity index is 1.92. The highest BCUT2D eigenvalue weighted by molar-refractivity contribution is 7.10. The number of fused-ring (bicyclic) bond motifs is 3. The van der Waals surface area contributed by atoms with Crippen molar-refractivity contribution in [2.75, 3.05) is 0 Å². The zero-order valence-electron chi connectivity index (χ0n) is 11.4. The van der Waals surface area contributed by atoms with Crippen LogP contribution in [-0.2, 0) is 7.05 Å². The van der Waals surface area contributed by atoms with Crippen molar-refractivity contribution in [3.63, 3.8) is 0 Å². The Hall–Kier alpha value is -2.53. The van der Waals surface area contributed by atoms with E-state index in [-0.39, 0.29) is 0 Å². The second-order valence-corrected chi connectivity index (χ2v) is 5.65. The van der Waals surface area contributed by atoms with Gasteiger partial charge in [0.2, 0.25) is 0 Å². The first-order chi connectivity index (χ1) is 10.3. The number of aromatic amines is 1. The average Bonchev–Trinajstić information content (AvgIpc) is 3.05. The Labute approximate surface area is 125 Å². The fraction of sp³-hybridized carbons (Fsp3) is 0.0625. The summed E-state index contributed by atoms with van der Waals surface area (Å²) in [5, 5.41) is 11.2. The Morgan fingerprint density at radius 2 is 1.62 bits per heavy atom. The molecule has 0 saturated carbocycles. The zero-order chi connectivity index (χ0) is 14.2. The fourth-order valence-electron chi connectivity index (χ4n) is 2.54. The summed E-state index contributed by atoms with van der Waals surface area (Å²) in [6, 6.07) is 18.1. The van der Waals surface area contributed by atoms with Crippen LogP contribution in [0.4, 0.5) is 11.4 Å². The normalized spacial score (nSPS) is 11.9. The third kappa shape index (κ3) is 1.94. The molecule has 0 fully saturated rings. The number of azo groups is 1. The zero-order valence-corrected chi connectivity index (χ0v) is 12.3. The van der Waals surface area contributed by atoms with Gasteiger partial charge in [0.1, 0.15) is 5.69 Å². The number of aryl methyl sites for hydroxylation is 1. The molecule has 1 aliphatic heterocycles. The van der Waals surface area contributed by atoms with Crippen molar-refractivity contribution in [3.8, 4) is 10.6 Å². The molecule has 0 aromatic heterocycles. The van der Waals surface area contributed by atoms with Gasteiger partial charge in [-0.1, -0.05) is 36.4 Å². The van der Waals surface area contributed by atoms with E-state index in [4.69, 9.17) is 0 Å². The van der Waals surface area contributed by atoms with Crippen molar-refractivity contribution in [3.05, 3.63) is 54.6 Å². The maximum Gasteiger partial charge on any atom is 0.259 e. The number of benzene rings is 2. The molecule has 0 bridgehead atoms. The van der Waals surface area contributed by atoms with Gasteiger partial charge in [-0.3, -0.25) is 0 Å². The van der Waals surface area contributed by atoms with Crippen LogP contribution in [-0.4, -0.2) is 4.49 Å². The molecule has 5 heteroatoms. The predicted octanol–water partition coefficient (Wildman–Crippen LogP) is 4.57. The number of hydrogen-bond donors (Lipinski definition) is 1. The van der Waals surface area contributed by atoms with Crippen LogP contribution in [0.1, 0.15) is 0 Å². The summed E-state index contributed by atoms with van der Waals surface area (Å²) in [4.78, 5) is 1.14. The Bertz CT molecular complexity index is 905. The van der Waals surface area contributed by atoms with Gasteiger partial charge < -0.3 is 0 Å². The van der Waals surface area contributed by atoms with Crippen molar-refractivity contribution in [2.45, 2.75) is 0 Å². The summed E-state index contributed by atoms with van der Waals surface area (Å²) < 4.78 is 5.28. The summed E-state index contributed by atoms with van der Waals surface area (Å²) in [7, 11) is 2.02. The van der Waals surface area contributed by atoms with Gasteiger partial charge in [0, 0.05) is 16.9 Å². The lowest BCUT2D eigenvalue weighted by Gasteiger charge is -1.92. The molecule has 0 spiro atoms. The Kier molecular flexibility index (Phi) is 2.79. The summed E-state index contributed by atoms with van der Waals surface area (Å²) in [6.45, 7) is 0. The number of H-pyrrole nitrogens is 1. The van der Waals surface area contributed by atoms with Gasteiger partial charge in [-0.25, -0.2) is 0 Å².